The summed E-state index contributed by atoms with van der Waals surface area (Å²) < 4.78 is 106. The minimum absolute atomic E-state index is 0.152. The first-order valence-corrected chi connectivity index (χ1v) is 11.6. The Morgan fingerprint density at radius 2 is 1.35 bits per heavy atom. The molecular formula is C27H22F6O4. The Kier molecular flexibility index (Phi) is 6.45. The van der Waals surface area contributed by atoms with Crippen molar-refractivity contribution in [3.8, 4) is 16.9 Å². The summed E-state index contributed by atoms with van der Waals surface area (Å²) in [6.07, 6.45) is -2.39. The number of benzene rings is 3. The van der Waals surface area contributed by atoms with Crippen LogP contribution in [0.2, 0.25) is 0 Å². The maximum Gasteiger partial charge on any atom is 0.429 e. The highest BCUT2D eigenvalue weighted by Crippen LogP contribution is 2.46. The van der Waals surface area contributed by atoms with Gasteiger partial charge < -0.3 is 18.9 Å². The molecule has 3 saturated heterocycles. The third-order valence-corrected chi connectivity index (χ3v) is 6.54. The second-order valence-corrected chi connectivity index (χ2v) is 9.26. The van der Waals surface area contributed by atoms with Crippen molar-refractivity contribution in [2.45, 2.75) is 31.8 Å². The maximum atomic E-state index is 14.7. The molecule has 3 aliphatic rings. The second kappa shape index (κ2) is 9.34. The summed E-state index contributed by atoms with van der Waals surface area (Å²) in [5.41, 5.74) is 0.103. The first-order chi connectivity index (χ1) is 17.6. The van der Waals surface area contributed by atoms with Gasteiger partial charge in [-0.05, 0) is 29.7 Å². The Hall–Kier alpha value is -3.08. The summed E-state index contributed by atoms with van der Waals surface area (Å²) in [6.45, 7) is 3.59. The van der Waals surface area contributed by atoms with E-state index in [4.69, 9.17) is 14.2 Å². The number of ether oxygens (including phenoxy) is 4. The van der Waals surface area contributed by atoms with Gasteiger partial charge in [0.25, 0.3) is 0 Å². The van der Waals surface area contributed by atoms with Crippen molar-refractivity contribution < 1.29 is 45.3 Å². The van der Waals surface area contributed by atoms with Gasteiger partial charge in [0.05, 0.1) is 25.4 Å². The number of halogens is 6. The molecular weight excluding hydrogens is 502 g/mol. The Morgan fingerprint density at radius 1 is 0.784 bits per heavy atom. The van der Waals surface area contributed by atoms with Crippen molar-refractivity contribution in [3.63, 3.8) is 0 Å². The van der Waals surface area contributed by atoms with Crippen LogP contribution in [-0.4, -0.2) is 19.8 Å². The maximum absolute atomic E-state index is 14.7. The minimum Gasteiger partial charge on any atom is -0.429 e. The molecule has 4 nitrogen and oxygen atoms in total. The average molecular weight is 524 g/mol. The monoisotopic (exact) mass is 524 g/mol. The van der Waals surface area contributed by atoms with E-state index in [0.29, 0.717) is 30.9 Å². The van der Waals surface area contributed by atoms with Crippen molar-refractivity contribution in [3.05, 3.63) is 89.0 Å². The van der Waals surface area contributed by atoms with Crippen molar-refractivity contribution in [1.29, 1.82) is 0 Å². The van der Waals surface area contributed by atoms with Crippen molar-refractivity contribution >= 4 is 0 Å². The van der Waals surface area contributed by atoms with Crippen molar-refractivity contribution in [2.75, 3.05) is 19.8 Å². The highest BCUT2D eigenvalue weighted by molar-refractivity contribution is 5.64. The first kappa shape index (κ1) is 25.6. The lowest BCUT2D eigenvalue weighted by Crippen LogP contribution is -2.58. The van der Waals surface area contributed by atoms with Gasteiger partial charge in [0.2, 0.25) is 0 Å². The first-order valence-electron chi connectivity index (χ1n) is 11.6. The molecule has 10 heteroatoms. The summed E-state index contributed by atoms with van der Waals surface area (Å²) >= 11 is 0. The van der Waals surface area contributed by atoms with E-state index in [9.17, 15) is 26.3 Å². The summed E-state index contributed by atoms with van der Waals surface area (Å²) in [5.74, 6) is -8.89. The smallest absolute Gasteiger partial charge is 0.429 e. The van der Waals surface area contributed by atoms with E-state index < -0.39 is 46.7 Å². The Morgan fingerprint density at radius 3 is 1.89 bits per heavy atom. The Bertz CT molecular complexity index is 1260. The number of hydrogen-bond donors (Lipinski definition) is 0. The molecule has 3 heterocycles. The van der Waals surface area contributed by atoms with Gasteiger partial charge in [-0.2, -0.15) is 8.78 Å². The molecule has 0 aromatic heterocycles. The van der Waals surface area contributed by atoms with Crippen molar-refractivity contribution in [2.24, 2.45) is 5.41 Å². The molecule has 0 unspecified atom stereocenters. The van der Waals surface area contributed by atoms with Crippen LogP contribution in [0.25, 0.3) is 11.1 Å². The molecule has 3 aromatic carbocycles. The van der Waals surface area contributed by atoms with Crippen LogP contribution in [-0.2, 0) is 26.3 Å². The van der Waals surface area contributed by atoms with E-state index in [1.54, 1.807) is 24.3 Å². The van der Waals surface area contributed by atoms with Crippen LogP contribution in [0, 0.1) is 28.7 Å². The van der Waals surface area contributed by atoms with E-state index in [0.717, 1.165) is 25.0 Å². The third-order valence-electron chi connectivity index (χ3n) is 6.54. The average Bonchev–Trinajstić information content (AvgIpc) is 2.88. The predicted octanol–water partition coefficient (Wildman–Crippen LogP) is 7.01. The SMILES string of the molecule is CCCC12COC(c3ccc(-c4ccc(C(F)(F)Oc5cc(F)c(F)c(F)c5)c(F)c4)cc3)(OC1)OC2. The molecule has 0 radical (unpaired) electrons. The molecule has 3 fully saturated rings. The van der Waals surface area contributed by atoms with Crippen LogP contribution in [0.4, 0.5) is 26.3 Å². The van der Waals surface area contributed by atoms with Crippen LogP contribution in [0.1, 0.15) is 30.9 Å². The van der Waals surface area contributed by atoms with Crippen LogP contribution < -0.4 is 4.74 Å². The van der Waals surface area contributed by atoms with Crippen LogP contribution in [0.15, 0.2) is 54.6 Å². The predicted molar refractivity (Wildman–Crippen MR) is 120 cm³/mol. The fraction of sp³-hybridized carbons (Fsp3) is 0.333. The van der Waals surface area contributed by atoms with E-state index >= 15 is 0 Å². The number of hydrogen-bond acceptors (Lipinski definition) is 4. The van der Waals surface area contributed by atoms with E-state index in [2.05, 4.69) is 11.7 Å². The zero-order chi connectivity index (χ0) is 26.4. The van der Waals surface area contributed by atoms with E-state index in [-0.39, 0.29) is 23.1 Å². The van der Waals surface area contributed by atoms with Gasteiger partial charge in [0.1, 0.15) is 11.6 Å². The standard InChI is InChI=1S/C27H22F6O4/c1-2-9-25-13-34-27(35-14-25,36-15-25)18-6-3-16(4-7-18)17-5-8-20(21(28)10-17)26(32,33)37-19-11-22(29)24(31)23(30)12-19/h3-8,10-12H,2,9,13-15H2,1H3. The minimum atomic E-state index is -4.29. The Balaban J connectivity index is 1.33. The summed E-state index contributed by atoms with van der Waals surface area (Å²) in [6, 6.07) is 10.1. The van der Waals surface area contributed by atoms with E-state index in [1.807, 2.05) is 0 Å². The number of rotatable bonds is 7. The van der Waals surface area contributed by atoms with Gasteiger partial charge in [-0.1, -0.05) is 43.7 Å². The summed E-state index contributed by atoms with van der Waals surface area (Å²) in [5, 5.41) is 0. The van der Waals surface area contributed by atoms with Gasteiger partial charge in [-0.25, -0.2) is 17.6 Å². The third kappa shape index (κ3) is 4.69. The molecule has 0 spiro atoms. The fourth-order valence-corrected chi connectivity index (χ4v) is 4.58. The van der Waals surface area contributed by atoms with Gasteiger partial charge >= 0.3 is 12.1 Å². The zero-order valence-electron chi connectivity index (χ0n) is 19.6. The lowest BCUT2D eigenvalue weighted by Gasteiger charge is -2.51. The van der Waals surface area contributed by atoms with Crippen LogP contribution >= 0.6 is 0 Å². The highest BCUT2D eigenvalue weighted by Gasteiger charge is 2.53. The fourth-order valence-electron chi connectivity index (χ4n) is 4.58. The number of alkyl halides is 2. The van der Waals surface area contributed by atoms with Gasteiger partial charge in [0.15, 0.2) is 17.5 Å². The molecule has 0 amide bonds. The largest absolute Gasteiger partial charge is 0.429 e. The lowest BCUT2D eigenvalue weighted by atomic mass is 9.83. The molecule has 196 valence electrons. The molecule has 3 aliphatic heterocycles. The molecule has 3 aromatic rings. The lowest BCUT2D eigenvalue weighted by molar-refractivity contribution is -0.480. The van der Waals surface area contributed by atoms with Gasteiger partial charge in [-0.15, -0.1) is 0 Å². The summed E-state index contributed by atoms with van der Waals surface area (Å²) in [4.78, 5) is 0. The van der Waals surface area contributed by atoms with Crippen molar-refractivity contribution in [1.82, 2.24) is 0 Å². The van der Waals surface area contributed by atoms with Gasteiger partial charge in [-0.3, -0.25) is 0 Å². The molecule has 0 aliphatic carbocycles. The summed E-state index contributed by atoms with van der Waals surface area (Å²) in [7, 11) is 0. The quantitative estimate of drug-likeness (QED) is 0.246. The number of fused-ring (bicyclic) bond motifs is 3. The topological polar surface area (TPSA) is 36.9 Å². The van der Waals surface area contributed by atoms with Gasteiger partial charge in [0, 0.05) is 23.1 Å². The molecule has 6 rings (SSSR count). The normalized spacial score (nSPS) is 23.3. The molecule has 0 atom stereocenters. The molecule has 2 bridgehead atoms. The molecule has 37 heavy (non-hydrogen) atoms. The zero-order valence-corrected chi connectivity index (χ0v) is 19.6. The van der Waals surface area contributed by atoms with E-state index in [1.165, 1.54) is 6.07 Å². The molecule has 0 N–H and O–H groups in total. The Labute approximate surface area is 208 Å². The van der Waals surface area contributed by atoms with Crippen LogP contribution in [0.5, 0.6) is 5.75 Å². The van der Waals surface area contributed by atoms with Crippen LogP contribution in [0.3, 0.4) is 0 Å². The second-order valence-electron chi connectivity index (χ2n) is 9.26. The molecule has 0 saturated carbocycles. The highest BCUT2D eigenvalue weighted by atomic mass is 19.3.